The van der Waals surface area contributed by atoms with Crippen molar-refractivity contribution in [3.63, 3.8) is 0 Å². The monoisotopic (exact) mass is 313 g/mol. The van der Waals surface area contributed by atoms with Crippen molar-refractivity contribution < 1.29 is 8.42 Å². The maximum absolute atomic E-state index is 12.2. The molecule has 108 valence electrons. The van der Waals surface area contributed by atoms with Crippen LogP contribution in [-0.4, -0.2) is 20.4 Å². The minimum Gasteiger partial charge on any atom is -0.316 e. The van der Waals surface area contributed by atoms with Crippen LogP contribution in [0.15, 0.2) is 33.3 Å². The fourth-order valence-corrected chi connectivity index (χ4v) is 4.15. The normalized spacial score (nSPS) is 11.5. The minimum absolute atomic E-state index is 0.0153. The number of rotatable bonds is 5. The topological polar surface area (TPSA) is 91.1 Å². The molecule has 0 bridgehead atoms. The van der Waals surface area contributed by atoms with E-state index in [-0.39, 0.29) is 9.08 Å². The minimum atomic E-state index is -3.74. The molecule has 0 fully saturated rings. The number of anilines is 1. The number of hydrogen-bond acceptors (Lipinski definition) is 5. The second kappa shape index (κ2) is 5.78. The second-order valence-electron chi connectivity index (χ2n) is 4.26. The van der Waals surface area contributed by atoms with E-state index >= 15 is 0 Å². The molecular formula is C12H15N3O3S2. The van der Waals surface area contributed by atoms with Crippen LogP contribution in [0.1, 0.15) is 11.3 Å². The summed E-state index contributed by atoms with van der Waals surface area (Å²) >= 11 is 0.681. The number of nitrogens with one attached hydrogen (secondary N) is 3. The Morgan fingerprint density at radius 3 is 2.70 bits per heavy atom. The van der Waals surface area contributed by atoms with E-state index in [1.807, 2.05) is 13.1 Å². The van der Waals surface area contributed by atoms with E-state index in [0.717, 1.165) is 5.56 Å². The van der Waals surface area contributed by atoms with Gasteiger partial charge in [0.25, 0.3) is 10.0 Å². The van der Waals surface area contributed by atoms with Gasteiger partial charge in [0.1, 0.15) is 0 Å². The van der Waals surface area contributed by atoms with Crippen molar-refractivity contribution in [1.29, 1.82) is 0 Å². The number of hydrogen-bond donors (Lipinski definition) is 3. The third kappa shape index (κ3) is 3.27. The molecule has 3 N–H and O–H groups in total. The molecule has 1 aromatic carbocycles. The van der Waals surface area contributed by atoms with Crippen LogP contribution in [0.2, 0.25) is 0 Å². The zero-order valence-electron chi connectivity index (χ0n) is 11.1. The molecule has 8 heteroatoms. The van der Waals surface area contributed by atoms with Crippen LogP contribution in [0.4, 0.5) is 5.69 Å². The predicted molar refractivity (Wildman–Crippen MR) is 79.7 cm³/mol. The van der Waals surface area contributed by atoms with E-state index in [9.17, 15) is 13.2 Å². The number of benzene rings is 1. The van der Waals surface area contributed by atoms with E-state index in [1.54, 1.807) is 25.1 Å². The Balaban J connectivity index is 2.31. The Hall–Kier alpha value is -1.64. The Labute approximate surface area is 120 Å². The highest BCUT2D eigenvalue weighted by atomic mass is 32.2. The van der Waals surface area contributed by atoms with Crippen molar-refractivity contribution in [2.24, 2.45) is 0 Å². The highest BCUT2D eigenvalue weighted by Gasteiger charge is 2.20. The molecule has 0 saturated heterocycles. The molecule has 0 aliphatic carbocycles. The van der Waals surface area contributed by atoms with Gasteiger partial charge in [0.05, 0.1) is 0 Å². The van der Waals surface area contributed by atoms with E-state index in [1.165, 1.54) is 0 Å². The third-order valence-electron chi connectivity index (χ3n) is 2.59. The van der Waals surface area contributed by atoms with Crippen molar-refractivity contribution in [3.8, 4) is 0 Å². The smallest absolute Gasteiger partial charge is 0.306 e. The molecule has 0 amide bonds. The summed E-state index contributed by atoms with van der Waals surface area (Å²) in [6.45, 7) is 2.20. The Bertz CT molecular complexity index is 762. The van der Waals surface area contributed by atoms with Gasteiger partial charge in [-0.05, 0) is 31.7 Å². The van der Waals surface area contributed by atoms with Crippen LogP contribution < -0.4 is 14.9 Å². The molecule has 0 radical (unpaired) electrons. The summed E-state index contributed by atoms with van der Waals surface area (Å²) in [5.41, 5.74) is 1.78. The van der Waals surface area contributed by atoms with Crippen LogP contribution in [0.5, 0.6) is 0 Å². The molecule has 0 saturated carbocycles. The van der Waals surface area contributed by atoms with Crippen LogP contribution >= 0.6 is 11.3 Å². The average molecular weight is 313 g/mol. The van der Waals surface area contributed by atoms with Crippen molar-refractivity contribution >= 4 is 27.0 Å². The maximum atomic E-state index is 12.2. The number of thiazole rings is 1. The van der Waals surface area contributed by atoms with Gasteiger partial charge in [0, 0.05) is 17.9 Å². The Kier molecular flexibility index (Phi) is 4.26. The van der Waals surface area contributed by atoms with Gasteiger partial charge in [-0.25, -0.2) is 8.42 Å². The van der Waals surface area contributed by atoms with Crippen molar-refractivity contribution in [1.82, 2.24) is 10.3 Å². The molecule has 0 spiro atoms. The first-order valence-corrected chi connectivity index (χ1v) is 8.18. The SMILES string of the molecule is CNCc1cccc(NS(=O)(=O)c2sc(=O)[nH]c2C)c1. The number of H-pyrrole nitrogens is 1. The van der Waals surface area contributed by atoms with Gasteiger partial charge in [-0.2, -0.15) is 0 Å². The van der Waals surface area contributed by atoms with Crippen LogP contribution in [0.3, 0.4) is 0 Å². The van der Waals surface area contributed by atoms with Gasteiger partial charge >= 0.3 is 4.87 Å². The van der Waals surface area contributed by atoms with Crippen LogP contribution in [0.25, 0.3) is 0 Å². The maximum Gasteiger partial charge on any atom is 0.306 e. The predicted octanol–water partition coefficient (Wildman–Crippen LogP) is 1.27. The van der Waals surface area contributed by atoms with Gasteiger partial charge in [-0.3, -0.25) is 9.52 Å². The second-order valence-corrected chi connectivity index (χ2v) is 7.12. The zero-order valence-corrected chi connectivity index (χ0v) is 12.7. The first-order chi connectivity index (χ1) is 9.42. The summed E-state index contributed by atoms with van der Waals surface area (Å²) in [5, 5.41) is 3.00. The number of aromatic nitrogens is 1. The highest BCUT2D eigenvalue weighted by Crippen LogP contribution is 2.20. The molecule has 0 aliphatic heterocycles. The van der Waals surface area contributed by atoms with Crippen molar-refractivity contribution in [3.05, 3.63) is 45.2 Å². The van der Waals surface area contributed by atoms with Crippen LogP contribution in [0, 0.1) is 6.92 Å². The molecule has 20 heavy (non-hydrogen) atoms. The molecule has 2 rings (SSSR count). The standard InChI is InChI=1S/C12H15N3O3S2/c1-8-11(19-12(16)14-8)20(17,18)15-10-5-3-4-9(6-10)7-13-2/h3-6,13,15H,7H2,1-2H3,(H,14,16). The molecular weight excluding hydrogens is 298 g/mol. The first kappa shape index (κ1) is 14.8. The van der Waals surface area contributed by atoms with E-state index in [4.69, 9.17) is 0 Å². The summed E-state index contributed by atoms with van der Waals surface area (Å²) in [6, 6.07) is 7.09. The third-order valence-corrected chi connectivity index (χ3v) is 5.57. The van der Waals surface area contributed by atoms with Crippen molar-refractivity contribution in [2.45, 2.75) is 17.7 Å². The van der Waals surface area contributed by atoms with E-state index < -0.39 is 10.0 Å². The lowest BCUT2D eigenvalue weighted by molar-refractivity contribution is 0.602. The number of sulfonamides is 1. The van der Waals surface area contributed by atoms with Crippen molar-refractivity contribution in [2.75, 3.05) is 11.8 Å². The molecule has 6 nitrogen and oxygen atoms in total. The molecule has 1 heterocycles. The van der Waals surface area contributed by atoms with Gasteiger partial charge in [0.15, 0.2) is 4.21 Å². The molecule has 0 unspecified atom stereocenters. The average Bonchev–Trinajstić information content (AvgIpc) is 2.69. The Morgan fingerprint density at radius 2 is 2.10 bits per heavy atom. The first-order valence-electron chi connectivity index (χ1n) is 5.88. The molecule has 1 aromatic heterocycles. The van der Waals surface area contributed by atoms with Crippen LogP contribution in [-0.2, 0) is 16.6 Å². The number of aryl methyl sites for hydroxylation is 1. The Morgan fingerprint density at radius 1 is 1.35 bits per heavy atom. The summed E-state index contributed by atoms with van der Waals surface area (Å²) in [6.07, 6.45) is 0. The van der Waals surface area contributed by atoms with Gasteiger partial charge in [0.2, 0.25) is 0 Å². The largest absolute Gasteiger partial charge is 0.316 e. The van der Waals surface area contributed by atoms with Gasteiger partial charge < -0.3 is 10.3 Å². The summed E-state index contributed by atoms with van der Waals surface area (Å²) in [4.78, 5) is 13.3. The van der Waals surface area contributed by atoms with Gasteiger partial charge in [-0.1, -0.05) is 23.5 Å². The molecule has 0 atom stereocenters. The fourth-order valence-electron chi connectivity index (χ4n) is 1.80. The summed E-state index contributed by atoms with van der Waals surface area (Å²) in [5.74, 6) is 0. The molecule has 0 aliphatic rings. The van der Waals surface area contributed by atoms with E-state index in [2.05, 4.69) is 15.0 Å². The summed E-state index contributed by atoms with van der Waals surface area (Å²) in [7, 11) is -1.92. The lowest BCUT2D eigenvalue weighted by atomic mass is 10.2. The zero-order chi connectivity index (χ0) is 14.8. The van der Waals surface area contributed by atoms with Gasteiger partial charge in [-0.15, -0.1) is 0 Å². The fraction of sp³-hybridized carbons (Fsp3) is 0.250. The lowest BCUT2D eigenvalue weighted by Gasteiger charge is -2.08. The van der Waals surface area contributed by atoms with E-state index in [0.29, 0.717) is 29.3 Å². The quantitative estimate of drug-likeness (QED) is 0.775. The molecule has 2 aromatic rings. The lowest BCUT2D eigenvalue weighted by Crippen LogP contribution is -2.13. The summed E-state index contributed by atoms with van der Waals surface area (Å²) < 4.78 is 27.0. The number of aromatic amines is 1. The highest BCUT2D eigenvalue weighted by molar-refractivity contribution is 7.94.